The second-order valence-electron chi connectivity index (χ2n) is 5.65. The van der Waals surface area contributed by atoms with Gasteiger partial charge in [-0.05, 0) is 36.2 Å². The van der Waals surface area contributed by atoms with Crippen molar-refractivity contribution >= 4 is 29.5 Å². The van der Waals surface area contributed by atoms with Gasteiger partial charge in [0.05, 0.1) is 4.88 Å². The molecule has 3 rings (SSSR count). The Bertz CT molecular complexity index is 878. The number of nitrogens with one attached hydrogen (secondary N) is 1. The topological polar surface area (TPSA) is 53.9 Å². The number of aromatic amines is 1. The molecule has 0 aliphatic carbocycles. The molecule has 124 valence electrons. The number of carbonyl (C=O) groups excluding carboxylic acids is 1. The second-order valence-corrected chi connectivity index (χ2v) is 6.99. The zero-order chi connectivity index (χ0) is 17.1. The van der Waals surface area contributed by atoms with Gasteiger partial charge < -0.3 is 4.90 Å². The molecule has 0 atom stereocenters. The number of aryl methyl sites for hydroxylation is 1. The molecular weight excluding hydrogens is 340 g/mol. The fourth-order valence-electron chi connectivity index (χ4n) is 2.37. The molecule has 0 aliphatic rings. The number of thiophene rings is 1. The molecule has 1 N–H and O–H groups in total. The van der Waals surface area contributed by atoms with Gasteiger partial charge in [0.1, 0.15) is 6.54 Å². The van der Waals surface area contributed by atoms with Gasteiger partial charge in [0.25, 0.3) is 0 Å². The highest BCUT2D eigenvalue weighted by molar-refractivity contribution is 7.71. The van der Waals surface area contributed by atoms with E-state index < -0.39 is 0 Å². The summed E-state index contributed by atoms with van der Waals surface area (Å²) in [6.45, 7) is 2.79. The summed E-state index contributed by atoms with van der Waals surface area (Å²) in [5.74, 6) is 0.693. The van der Waals surface area contributed by atoms with E-state index in [0.717, 1.165) is 10.4 Å². The van der Waals surface area contributed by atoms with Crippen molar-refractivity contribution in [1.29, 1.82) is 0 Å². The monoisotopic (exact) mass is 358 g/mol. The van der Waals surface area contributed by atoms with Crippen LogP contribution < -0.4 is 0 Å². The first kappa shape index (κ1) is 16.6. The largest absolute Gasteiger partial charge is 0.340 e. The van der Waals surface area contributed by atoms with Gasteiger partial charge in [-0.1, -0.05) is 35.9 Å². The van der Waals surface area contributed by atoms with E-state index in [2.05, 4.69) is 22.3 Å². The number of rotatable bonds is 5. The van der Waals surface area contributed by atoms with Crippen LogP contribution in [0.5, 0.6) is 0 Å². The average Bonchev–Trinajstić information content (AvgIpc) is 3.20. The normalized spacial score (nSPS) is 10.8. The summed E-state index contributed by atoms with van der Waals surface area (Å²) in [5.41, 5.74) is 2.31. The van der Waals surface area contributed by atoms with Crippen LogP contribution in [0.2, 0.25) is 0 Å². The fourth-order valence-corrected chi connectivity index (χ4v) is 3.29. The predicted octanol–water partition coefficient (Wildman–Crippen LogP) is 3.64. The van der Waals surface area contributed by atoms with Gasteiger partial charge in [-0.2, -0.15) is 5.10 Å². The third kappa shape index (κ3) is 3.63. The van der Waals surface area contributed by atoms with E-state index in [0.29, 0.717) is 17.1 Å². The average molecular weight is 358 g/mol. The number of benzene rings is 1. The predicted molar refractivity (Wildman–Crippen MR) is 98.4 cm³/mol. The van der Waals surface area contributed by atoms with E-state index in [1.165, 1.54) is 5.56 Å². The smallest absolute Gasteiger partial charge is 0.242 e. The molecule has 0 unspecified atom stereocenters. The van der Waals surface area contributed by atoms with Crippen LogP contribution in [-0.2, 0) is 17.9 Å². The highest BCUT2D eigenvalue weighted by Crippen LogP contribution is 2.22. The number of aromatic nitrogens is 3. The summed E-state index contributed by atoms with van der Waals surface area (Å²) < 4.78 is 2.20. The SMILES string of the molecule is Cc1ccc(CN(C)C(=O)Cn2c(-c3cccs3)n[nH]c2=S)cc1. The van der Waals surface area contributed by atoms with Crippen molar-refractivity contribution in [1.82, 2.24) is 19.7 Å². The zero-order valence-electron chi connectivity index (χ0n) is 13.5. The molecule has 3 aromatic rings. The number of hydrogen-bond donors (Lipinski definition) is 1. The molecule has 24 heavy (non-hydrogen) atoms. The fraction of sp³-hybridized carbons (Fsp3) is 0.235. The summed E-state index contributed by atoms with van der Waals surface area (Å²) in [6.07, 6.45) is 0. The Kier molecular flexibility index (Phi) is 4.92. The van der Waals surface area contributed by atoms with Gasteiger partial charge in [0.15, 0.2) is 10.6 Å². The molecular formula is C17H18N4OS2. The van der Waals surface area contributed by atoms with Gasteiger partial charge in [-0.25, -0.2) is 0 Å². The Morgan fingerprint density at radius 2 is 2.08 bits per heavy atom. The number of carbonyl (C=O) groups is 1. The number of amides is 1. The molecule has 2 heterocycles. The molecule has 0 saturated carbocycles. The number of likely N-dealkylation sites (N-methyl/N-ethyl adjacent to an activating group) is 1. The lowest BCUT2D eigenvalue weighted by atomic mass is 10.1. The number of nitrogens with zero attached hydrogens (tertiary/aromatic N) is 3. The van der Waals surface area contributed by atoms with Crippen molar-refractivity contribution in [2.75, 3.05) is 7.05 Å². The lowest BCUT2D eigenvalue weighted by Gasteiger charge is -2.18. The van der Waals surface area contributed by atoms with Crippen molar-refractivity contribution in [3.05, 3.63) is 57.7 Å². The Morgan fingerprint density at radius 1 is 1.33 bits per heavy atom. The van der Waals surface area contributed by atoms with Gasteiger partial charge >= 0.3 is 0 Å². The second kappa shape index (κ2) is 7.11. The summed E-state index contributed by atoms with van der Waals surface area (Å²) >= 11 is 6.84. The molecule has 5 nitrogen and oxygen atoms in total. The Morgan fingerprint density at radius 3 is 2.75 bits per heavy atom. The number of H-pyrrole nitrogens is 1. The van der Waals surface area contributed by atoms with E-state index >= 15 is 0 Å². The molecule has 0 radical (unpaired) electrons. The molecule has 2 aromatic heterocycles. The molecule has 1 aromatic carbocycles. The van der Waals surface area contributed by atoms with Crippen molar-refractivity contribution in [2.45, 2.75) is 20.0 Å². The lowest BCUT2D eigenvalue weighted by Crippen LogP contribution is -2.30. The minimum absolute atomic E-state index is 0.00844. The first-order valence-corrected chi connectivity index (χ1v) is 8.82. The maximum atomic E-state index is 12.6. The van der Waals surface area contributed by atoms with Gasteiger partial charge in [-0.3, -0.25) is 14.5 Å². The molecule has 0 bridgehead atoms. The maximum Gasteiger partial charge on any atom is 0.242 e. The molecule has 0 saturated heterocycles. The minimum atomic E-state index is -0.00844. The van der Waals surface area contributed by atoms with Gasteiger partial charge in [0.2, 0.25) is 5.91 Å². The first-order chi connectivity index (χ1) is 11.5. The van der Waals surface area contributed by atoms with Crippen LogP contribution in [0.25, 0.3) is 10.7 Å². The Labute approximate surface area is 149 Å². The van der Waals surface area contributed by atoms with Crippen LogP contribution in [0.15, 0.2) is 41.8 Å². The van der Waals surface area contributed by atoms with E-state index in [4.69, 9.17) is 12.2 Å². The summed E-state index contributed by atoms with van der Waals surface area (Å²) in [5, 5.41) is 9.00. The molecule has 7 heteroatoms. The highest BCUT2D eigenvalue weighted by atomic mass is 32.1. The van der Waals surface area contributed by atoms with Gasteiger partial charge in [0, 0.05) is 13.6 Å². The number of hydrogen-bond acceptors (Lipinski definition) is 4. The molecule has 0 spiro atoms. The maximum absolute atomic E-state index is 12.6. The van der Waals surface area contributed by atoms with Crippen LogP contribution in [0.3, 0.4) is 0 Å². The van der Waals surface area contributed by atoms with Crippen molar-refractivity contribution in [3.63, 3.8) is 0 Å². The third-order valence-electron chi connectivity index (χ3n) is 3.76. The first-order valence-electron chi connectivity index (χ1n) is 7.53. The highest BCUT2D eigenvalue weighted by Gasteiger charge is 2.16. The van der Waals surface area contributed by atoms with Crippen LogP contribution in [0, 0.1) is 11.7 Å². The molecule has 0 fully saturated rings. The van der Waals surface area contributed by atoms with Crippen LogP contribution in [0.1, 0.15) is 11.1 Å². The van der Waals surface area contributed by atoms with E-state index in [1.54, 1.807) is 27.9 Å². The van der Waals surface area contributed by atoms with E-state index in [9.17, 15) is 4.79 Å². The Balaban J connectivity index is 1.74. The van der Waals surface area contributed by atoms with Gasteiger partial charge in [-0.15, -0.1) is 11.3 Å². The standard InChI is InChI=1S/C17H18N4OS2/c1-12-5-7-13(8-6-12)10-20(2)15(22)11-21-16(18-19-17(21)23)14-4-3-9-24-14/h3-9H,10-11H2,1-2H3,(H,19,23). The van der Waals surface area contributed by atoms with Crippen molar-refractivity contribution in [3.8, 4) is 10.7 Å². The summed E-state index contributed by atoms with van der Waals surface area (Å²) in [6, 6.07) is 12.1. The van der Waals surface area contributed by atoms with E-state index in [1.807, 2.05) is 36.6 Å². The Hall–Kier alpha value is -2.25. The third-order valence-corrected chi connectivity index (χ3v) is 4.94. The lowest BCUT2D eigenvalue weighted by molar-refractivity contribution is -0.131. The summed E-state index contributed by atoms with van der Waals surface area (Å²) in [4.78, 5) is 15.3. The van der Waals surface area contributed by atoms with Crippen LogP contribution in [-0.4, -0.2) is 32.6 Å². The van der Waals surface area contributed by atoms with Crippen LogP contribution >= 0.6 is 23.6 Å². The quantitative estimate of drug-likeness (QED) is 0.709. The van der Waals surface area contributed by atoms with Crippen LogP contribution in [0.4, 0.5) is 0 Å². The zero-order valence-corrected chi connectivity index (χ0v) is 15.2. The van der Waals surface area contributed by atoms with Crippen molar-refractivity contribution < 1.29 is 4.79 Å². The van der Waals surface area contributed by atoms with Crippen molar-refractivity contribution in [2.24, 2.45) is 0 Å². The molecule has 1 amide bonds. The van der Waals surface area contributed by atoms with E-state index in [-0.39, 0.29) is 12.5 Å². The minimum Gasteiger partial charge on any atom is -0.340 e. The molecule has 0 aliphatic heterocycles. The summed E-state index contributed by atoms with van der Waals surface area (Å²) in [7, 11) is 1.80.